The monoisotopic (exact) mass is 357 g/mol. The molecule has 3 rings (SSSR count). The van der Waals surface area contributed by atoms with E-state index in [1.165, 1.54) is 27.8 Å². The van der Waals surface area contributed by atoms with Crippen LogP contribution in [0.4, 0.5) is 0 Å². The van der Waals surface area contributed by atoms with Crippen LogP contribution in [0.2, 0.25) is 0 Å². The Balaban J connectivity index is 1.82. The third-order valence-corrected chi connectivity index (χ3v) is 7.15. The van der Waals surface area contributed by atoms with Crippen LogP contribution in [-0.2, 0) is 0 Å². The average Bonchev–Trinajstić information content (AvgIpc) is 2.90. The van der Waals surface area contributed by atoms with Crippen molar-refractivity contribution in [2.45, 2.75) is 5.25 Å². The largest absolute Gasteiger partial charge is 0.240 e. The molecule has 1 atom stereocenters. The number of hydrogen-bond donors (Lipinski definition) is 0. The van der Waals surface area contributed by atoms with Crippen LogP contribution in [0, 0.1) is 0 Å². The highest BCUT2D eigenvalue weighted by atomic mass is 79.9. The van der Waals surface area contributed by atoms with Crippen molar-refractivity contribution in [2.75, 3.05) is 17.3 Å². The Bertz CT molecular complexity index is 517. The van der Waals surface area contributed by atoms with Crippen molar-refractivity contribution in [3.63, 3.8) is 0 Å². The minimum absolute atomic E-state index is 0.595. The van der Waals surface area contributed by atoms with Crippen molar-refractivity contribution < 1.29 is 0 Å². The number of halogens is 1. The van der Waals surface area contributed by atoms with Crippen LogP contribution in [0.3, 0.4) is 0 Å². The van der Waals surface area contributed by atoms with Crippen molar-refractivity contribution in [3.05, 3.63) is 39.1 Å². The van der Waals surface area contributed by atoms with Crippen molar-refractivity contribution in [1.29, 1.82) is 0 Å². The summed E-state index contributed by atoms with van der Waals surface area (Å²) in [5, 5.41) is 4.06. The number of thioether (sulfide) groups is 2. The van der Waals surface area contributed by atoms with Gasteiger partial charge in [-0.15, -0.1) is 23.1 Å². The van der Waals surface area contributed by atoms with E-state index < -0.39 is 0 Å². The molecule has 94 valence electrons. The maximum Gasteiger partial charge on any atom is 0.107 e. The molecule has 0 aliphatic carbocycles. The van der Waals surface area contributed by atoms with E-state index in [1.807, 2.05) is 23.5 Å². The van der Waals surface area contributed by atoms with Gasteiger partial charge in [-0.3, -0.25) is 0 Å². The second-order valence-electron chi connectivity index (χ2n) is 4.01. The maximum absolute atomic E-state index is 4.80. The quantitative estimate of drug-likeness (QED) is 0.742. The Hall–Kier alpha value is 0.0300. The highest BCUT2D eigenvalue weighted by molar-refractivity contribution is 9.10. The molecule has 0 bridgehead atoms. The maximum atomic E-state index is 4.80. The summed E-state index contributed by atoms with van der Waals surface area (Å²) in [4.78, 5) is 4.80. The molecule has 2 aromatic rings. The van der Waals surface area contributed by atoms with Crippen LogP contribution in [0.25, 0.3) is 11.3 Å². The summed E-state index contributed by atoms with van der Waals surface area (Å²) in [5.41, 5.74) is 2.31. The molecule has 0 N–H and O–H groups in total. The van der Waals surface area contributed by atoms with E-state index in [1.54, 1.807) is 11.3 Å². The van der Waals surface area contributed by atoms with Crippen molar-refractivity contribution in [1.82, 2.24) is 4.98 Å². The molecule has 0 amide bonds. The molecule has 1 fully saturated rings. The van der Waals surface area contributed by atoms with E-state index in [9.17, 15) is 0 Å². The number of hydrogen-bond acceptors (Lipinski definition) is 4. The van der Waals surface area contributed by atoms with E-state index in [2.05, 4.69) is 45.6 Å². The minimum atomic E-state index is 0.595. The number of aromatic nitrogens is 1. The van der Waals surface area contributed by atoms with Gasteiger partial charge in [-0.1, -0.05) is 28.1 Å². The van der Waals surface area contributed by atoms with E-state index in [0.29, 0.717) is 5.25 Å². The zero-order valence-corrected chi connectivity index (χ0v) is 13.7. The fraction of sp³-hybridized carbons (Fsp3) is 0.308. The smallest absolute Gasteiger partial charge is 0.107 e. The molecular weight excluding hydrogens is 346 g/mol. The van der Waals surface area contributed by atoms with Gasteiger partial charge in [-0.25, -0.2) is 4.98 Å². The summed E-state index contributed by atoms with van der Waals surface area (Å²) in [5.74, 6) is 3.74. The normalized spacial score (nSPS) is 19.9. The second kappa shape index (κ2) is 5.99. The first-order chi connectivity index (χ1) is 8.83. The van der Waals surface area contributed by atoms with Gasteiger partial charge in [0.1, 0.15) is 5.01 Å². The van der Waals surface area contributed by atoms with Crippen LogP contribution in [0.5, 0.6) is 0 Å². The lowest BCUT2D eigenvalue weighted by atomic mass is 10.2. The van der Waals surface area contributed by atoms with Crippen LogP contribution < -0.4 is 0 Å². The summed E-state index contributed by atoms with van der Waals surface area (Å²) in [6.45, 7) is 0. The van der Waals surface area contributed by atoms with Gasteiger partial charge >= 0.3 is 0 Å². The topological polar surface area (TPSA) is 12.9 Å². The third-order valence-electron chi connectivity index (χ3n) is 2.75. The molecule has 1 aliphatic rings. The van der Waals surface area contributed by atoms with Crippen molar-refractivity contribution in [2.24, 2.45) is 0 Å². The Morgan fingerprint density at radius 3 is 2.72 bits per heavy atom. The Labute approximate surface area is 128 Å². The summed E-state index contributed by atoms with van der Waals surface area (Å²) in [6, 6.07) is 8.37. The molecule has 1 saturated heterocycles. The first-order valence-corrected chi connectivity index (χ1v) is 9.61. The van der Waals surface area contributed by atoms with Gasteiger partial charge in [-0.05, 0) is 12.1 Å². The third kappa shape index (κ3) is 2.95. The van der Waals surface area contributed by atoms with Gasteiger partial charge in [-0.2, -0.15) is 11.8 Å². The molecule has 2 heterocycles. The van der Waals surface area contributed by atoms with E-state index in [-0.39, 0.29) is 0 Å². The van der Waals surface area contributed by atoms with Gasteiger partial charge in [0.25, 0.3) is 0 Å². The SMILES string of the molecule is Brc1ccc(-c2csc(C3CSCCS3)n2)cc1. The van der Waals surface area contributed by atoms with Gasteiger partial charge in [0.2, 0.25) is 0 Å². The molecule has 0 saturated carbocycles. The predicted octanol–water partition coefficient (Wildman–Crippen LogP) is 5.09. The zero-order chi connectivity index (χ0) is 12.4. The Morgan fingerprint density at radius 1 is 1.17 bits per heavy atom. The summed E-state index contributed by atoms with van der Waals surface area (Å²) >= 11 is 9.35. The van der Waals surface area contributed by atoms with Crippen molar-refractivity contribution in [3.8, 4) is 11.3 Å². The Kier molecular flexibility index (Phi) is 4.34. The molecule has 0 radical (unpaired) electrons. The van der Waals surface area contributed by atoms with E-state index >= 15 is 0 Å². The molecule has 1 aromatic carbocycles. The molecule has 0 spiro atoms. The van der Waals surface area contributed by atoms with Crippen LogP contribution in [0.15, 0.2) is 34.1 Å². The zero-order valence-electron chi connectivity index (χ0n) is 9.64. The van der Waals surface area contributed by atoms with Gasteiger partial charge in [0.05, 0.1) is 10.9 Å². The molecule has 1 nitrogen and oxygen atoms in total. The second-order valence-corrected chi connectivity index (χ2v) is 8.28. The summed E-state index contributed by atoms with van der Waals surface area (Å²) < 4.78 is 1.11. The van der Waals surface area contributed by atoms with Crippen LogP contribution in [0.1, 0.15) is 10.3 Å². The minimum Gasteiger partial charge on any atom is -0.240 e. The van der Waals surface area contributed by atoms with Crippen LogP contribution in [-0.4, -0.2) is 22.2 Å². The summed E-state index contributed by atoms with van der Waals surface area (Å²) in [6.07, 6.45) is 0. The summed E-state index contributed by atoms with van der Waals surface area (Å²) in [7, 11) is 0. The average molecular weight is 358 g/mol. The van der Waals surface area contributed by atoms with Gasteiger partial charge in [0, 0.05) is 32.7 Å². The molecular formula is C13H12BrNS3. The molecule has 1 unspecified atom stereocenters. The first-order valence-electron chi connectivity index (χ1n) is 5.73. The lowest BCUT2D eigenvalue weighted by molar-refractivity contribution is 1.07. The highest BCUT2D eigenvalue weighted by Gasteiger charge is 2.19. The molecule has 1 aromatic heterocycles. The number of rotatable bonds is 2. The van der Waals surface area contributed by atoms with Crippen molar-refractivity contribution >= 4 is 50.8 Å². The first kappa shape index (κ1) is 13.0. The molecule has 5 heteroatoms. The fourth-order valence-electron chi connectivity index (χ4n) is 1.82. The standard InChI is InChI=1S/C13H12BrNS3/c14-10-3-1-9(2-4-10)11-7-18-13(15-11)12-8-16-5-6-17-12/h1-4,7,12H,5-6,8H2. The number of thiazole rings is 1. The number of nitrogens with zero attached hydrogens (tertiary/aromatic N) is 1. The van der Waals surface area contributed by atoms with E-state index in [4.69, 9.17) is 4.98 Å². The van der Waals surface area contributed by atoms with Gasteiger partial charge < -0.3 is 0 Å². The molecule has 1 aliphatic heterocycles. The lowest BCUT2D eigenvalue weighted by Crippen LogP contribution is -2.05. The van der Waals surface area contributed by atoms with Gasteiger partial charge in [0.15, 0.2) is 0 Å². The predicted molar refractivity (Wildman–Crippen MR) is 87.8 cm³/mol. The highest BCUT2D eigenvalue weighted by Crippen LogP contribution is 2.39. The fourth-order valence-corrected chi connectivity index (χ4v) is 5.92. The van der Waals surface area contributed by atoms with E-state index in [0.717, 1.165) is 10.2 Å². The molecule has 18 heavy (non-hydrogen) atoms. The number of benzene rings is 1. The lowest BCUT2D eigenvalue weighted by Gasteiger charge is -2.18. The Morgan fingerprint density at radius 2 is 2.00 bits per heavy atom. The van der Waals surface area contributed by atoms with Crippen LogP contribution >= 0.6 is 50.8 Å².